The van der Waals surface area contributed by atoms with Crippen molar-refractivity contribution in [3.63, 3.8) is 0 Å². The maximum absolute atomic E-state index is 12.6. The second kappa shape index (κ2) is 5.69. The molecule has 1 saturated heterocycles. The number of carbonyl (C=O) groups is 1. The van der Waals surface area contributed by atoms with Crippen molar-refractivity contribution in [1.29, 1.82) is 0 Å². The van der Waals surface area contributed by atoms with E-state index in [-0.39, 0.29) is 22.8 Å². The van der Waals surface area contributed by atoms with Gasteiger partial charge in [-0.3, -0.25) is 14.9 Å². The van der Waals surface area contributed by atoms with Crippen molar-refractivity contribution < 1.29 is 14.5 Å². The maximum Gasteiger partial charge on any atom is 0.304 e. The number of amides is 1. The molecule has 114 valence electrons. The van der Waals surface area contributed by atoms with E-state index in [9.17, 15) is 14.9 Å². The van der Waals surface area contributed by atoms with Gasteiger partial charge in [0.25, 0.3) is 5.91 Å². The average molecular weight is 293 g/mol. The van der Waals surface area contributed by atoms with Crippen LogP contribution in [-0.4, -0.2) is 41.5 Å². The number of hydrogen-bond acceptors (Lipinski definition) is 5. The molecule has 1 heterocycles. The van der Waals surface area contributed by atoms with Crippen LogP contribution in [0.1, 0.15) is 30.1 Å². The van der Waals surface area contributed by atoms with E-state index in [0.29, 0.717) is 13.1 Å². The van der Waals surface area contributed by atoms with Gasteiger partial charge in [0.15, 0.2) is 0 Å². The van der Waals surface area contributed by atoms with E-state index in [4.69, 9.17) is 10.5 Å². The maximum atomic E-state index is 12.6. The molecule has 2 rings (SSSR count). The van der Waals surface area contributed by atoms with Gasteiger partial charge in [-0.15, -0.1) is 0 Å². The number of carbonyl (C=O) groups excluding carboxylic acids is 1. The van der Waals surface area contributed by atoms with E-state index in [1.807, 2.05) is 6.92 Å². The third-order valence-corrected chi connectivity index (χ3v) is 3.92. The van der Waals surface area contributed by atoms with Crippen LogP contribution in [0.15, 0.2) is 18.2 Å². The van der Waals surface area contributed by atoms with E-state index in [1.165, 1.54) is 12.1 Å². The van der Waals surface area contributed by atoms with Crippen LogP contribution in [0.2, 0.25) is 0 Å². The van der Waals surface area contributed by atoms with E-state index in [1.54, 1.807) is 18.1 Å². The number of ether oxygens (including phenoxy) is 1. The summed E-state index contributed by atoms with van der Waals surface area (Å²) >= 11 is 0. The largest absolute Gasteiger partial charge is 0.393 e. The average Bonchev–Trinajstić information content (AvgIpc) is 2.46. The van der Waals surface area contributed by atoms with Crippen LogP contribution in [-0.2, 0) is 4.74 Å². The lowest BCUT2D eigenvalue weighted by Crippen LogP contribution is -2.49. The molecule has 0 aliphatic carbocycles. The van der Waals surface area contributed by atoms with E-state index in [0.717, 1.165) is 12.8 Å². The number of hydrogen-bond donors (Lipinski definition) is 1. The van der Waals surface area contributed by atoms with Crippen molar-refractivity contribution in [3.05, 3.63) is 33.9 Å². The first-order valence-electron chi connectivity index (χ1n) is 6.75. The number of nitrogen functional groups attached to an aromatic ring is 1. The van der Waals surface area contributed by atoms with Crippen LogP contribution >= 0.6 is 0 Å². The van der Waals surface area contributed by atoms with Gasteiger partial charge in [-0.1, -0.05) is 6.07 Å². The van der Waals surface area contributed by atoms with Crippen molar-refractivity contribution >= 4 is 17.3 Å². The molecule has 1 fully saturated rings. The van der Waals surface area contributed by atoms with Gasteiger partial charge in [0, 0.05) is 20.2 Å². The summed E-state index contributed by atoms with van der Waals surface area (Å²) in [4.78, 5) is 24.7. The van der Waals surface area contributed by atoms with E-state index in [2.05, 4.69) is 0 Å². The van der Waals surface area contributed by atoms with Crippen molar-refractivity contribution in [2.45, 2.75) is 25.4 Å². The highest BCUT2D eigenvalue weighted by atomic mass is 16.6. The number of rotatable bonds is 3. The van der Waals surface area contributed by atoms with Crippen LogP contribution in [0.4, 0.5) is 11.4 Å². The Hall–Kier alpha value is -2.15. The summed E-state index contributed by atoms with van der Waals surface area (Å²) in [5, 5.41) is 11.1. The molecule has 1 aromatic rings. The fourth-order valence-electron chi connectivity index (χ4n) is 2.65. The first kappa shape index (κ1) is 15.2. The predicted molar refractivity (Wildman–Crippen MR) is 78.1 cm³/mol. The van der Waals surface area contributed by atoms with E-state index < -0.39 is 10.5 Å². The Bertz CT molecular complexity index is 575. The third-order valence-electron chi connectivity index (χ3n) is 3.92. The van der Waals surface area contributed by atoms with Crippen LogP contribution < -0.4 is 5.73 Å². The zero-order valence-corrected chi connectivity index (χ0v) is 12.2. The van der Waals surface area contributed by atoms with Crippen LogP contribution in [0, 0.1) is 10.1 Å². The normalized spacial score (nSPS) is 22.1. The minimum atomic E-state index is -0.609. The summed E-state index contributed by atoms with van der Waals surface area (Å²) in [6.07, 6.45) is 1.65. The first-order valence-corrected chi connectivity index (χ1v) is 6.75. The second-order valence-corrected chi connectivity index (χ2v) is 5.48. The van der Waals surface area contributed by atoms with Gasteiger partial charge in [0.1, 0.15) is 11.3 Å². The lowest BCUT2D eigenvalue weighted by atomic mass is 9.94. The molecule has 0 radical (unpaired) electrons. The first-order chi connectivity index (χ1) is 9.88. The number of methoxy groups -OCH3 is 1. The Morgan fingerprint density at radius 3 is 2.86 bits per heavy atom. The highest BCUT2D eigenvalue weighted by molar-refractivity contribution is 6.00. The summed E-state index contributed by atoms with van der Waals surface area (Å²) in [7, 11) is 1.61. The van der Waals surface area contributed by atoms with Gasteiger partial charge >= 0.3 is 5.69 Å². The fraction of sp³-hybridized carbons (Fsp3) is 0.500. The van der Waals surface area contributed by atoms with Crippen molar-refractivity contribution in [3.8, 4) is 0 Å². The van der Waals surface area contributed by atoms with Crippen molar-refractivity contribution in [2.24, 2.45) is 0 Å². The Morgan fingerprint density at radius 2 is 2.24 bits per heavy atom. The predicted octanol–water partition coefficient (Wildman–Crippen LogP) is 1.82. The number of nitro groups is 1. The summed E-state index contributed by atoms with van der Waals surface area (Å²) in [5.41, 5.74) is 4.92. The monoisotopic (exact) mass is 293 g/mol. The number of anilines is 1. The molecule has 1 aliphatic heterocycles. The zero-order chi connectivity index (χ0) is 15.6. The van der Waals surface area contributed by atoms with Crippen LogP contribution in [0.25, 0.3) is 0 Å². The minimum Gasteiger partial charge on any atom is -0.393 e. The Morgan fingerprint density at radius 1 is 1.52 bits per heavy atom. The number of nitrogens with two attached hydrogens (primary N) is 1. The number of nitrogens with zero attached hydrogens (tertiary/aromatic N) is 2. The molecule has 7 nitrogen and oxygen atoms in total. The highest BCUT2D eigenvalue weighted by Gasteiger charge is 2.35. The Kier molecular flexibility index (Phi) is 4.13. The lowest BCUT2D eigenvalue weighted by molar-refractivity contribution is -0.384. The second-order valence-electron chi connectivity index (χ2n) is 5.48. The quantitative estimate of drug-likeness (QED) is 0.520. The van der Waals surface area contributed by atoms with Crippen LogP contribution in [0.3, 0.4) is 0 Å². The van der Waals surface area contributed by atoms with Crippen molar-refractivity contribution in [2.75, 3.05) is 25.9 Å². The van der Waals surface area contributed by atoms with Gasteiger partial charge < -0.3 is 15.4 Å². The molecule has 1 unspecified atom stereocenters. The Labute approximate surface area is 122 Å². The molecule has 1 aromatic carbocycles. The summed E-state index contributed by atoms with van der Waals surface area (Å²) < 4.78 is 5.44. The third kappa shape index (κ3) is 2.97. The molecule has 0 saturated carbocycles. The van der Waals surface area contributed by atoms with Gasteiger partial charge in [-0.2, -0.15) is 0 Å². The number of piperidine rings is 1. The number of benzene rings is 1. The molecule has 1 atom stereocenters. The number of likely N-dealkylation sites (tertiary alicyclic amines) is 1. The summed E-state index contributed by atoms with van der Waals surface area (Å²) in [6.45, 7) is 2.90. The summed E-state index contributed by atoms with van der Waals surface area (Å²) in [5.74, 6) is -0.378. The standard InChI is InChI=1S/C14H19N3O4/c1-14(21-2)7-4-8-16(9-14)13(18)10-5-3-6-11(15)12(10)17(19)20/h3,5-6H,4,7-9,15H2,1-2H3. The molecular weight excluding hydrogens is 274 g/mol. The van der Waals surface area contributed by atoms with Crippen molar-refractivity contribution in [1.82, 2.24) is 4.90 Å². The number of nitro benzene ring substituents is 1. The molecule has 0 bridgehead atoms. The molecule has 1 amide bonds. The molecule has 21 heavy (non-hydrogen) atoms. The molecule has 2 N–H and O–H groups in total. The molecular formula is C14H19N3O4. The fourth-order valence-corrected chi connectivity index (χ4v) is 2.65. The SMILES string of the molecule is COC1(C)CCCN(C(=O)c2cccc(N)c2[N+](=O)[O-])C1. The summed E-state index contributed by atoms with van der Waals surface area (Å²) in [6, 6.07) is 4.41. The molecule has 0 spiro atoms. The van der Waals surface area contributed by atoms with Crippen LogP contribution in [0.5, 0.6) is 0 Å². The molecule has 0 aromatic heterocycles. The molecule has 7 heteroatoms. The van der Waals surface area contributed by atoms with Gasteiger partial charge in [-0.05, 0) is 31.9 Å². The molecule has 1 aliphatic rings. The smallest absolute Gasteiger partial charge is 0.304 e. The van der Waals surface area contributed by atoms with E-state index >= 15 is 0 Å². The highest BCUT2D eigenvalue weighted by Crippen LogP contribution is 2.30. The zero-order valence-electron chi connectivity index (χ0n) is 12.2. The minimum absolute atomic E-state index is 0.00244. The van der Waals surface area contributed by atoms with Gasteiger partial charge in [-0.25, -0.2) is 0 Å². The number of para-hydroxylation sites is 1. The lowest BCUT2D eigenvalue weighted by Gasteiger charge is -2.39. The van der Waals surface area contributed by atoms with Gasteiger partial charge in [0.05, 0.1) is 10.5 Å². The topological polar surface area (TPSA) is 98.7 Å². The Balaban J connectivity index is 2.33. The van der Waals surface area contributed by atoms with Gasteiger partial charge in [0.2, 0.25) is 0 Å².